The molecule has 0 saturated carbocycles. The van der Waals surface area contributed by atoms with Crippen LogP contribution in [0.1, 0.15) is 28.7 Å². The summed E-state index contributed by atoms with van der Waals surface area (Å²) in [6, 6.07) is 9.96. The number of alkyl halides is 6. The van der Waals surface area contributed by atoms with E-state index in [1.807, 2.05) is 18.2 Å². The number of amides is 3. The standard InChI is InChI=1S/C24H21F6N3O4/c25-23(26,27)17-8-16(9-18(10-17)24(28,29)30)14-37-22(36)32-7-6-20(34)33-13-21(35)31(12-19(32)33)11-15-4-2-1-3-5-15/h1-5,8-10,19H,6-7,11-14H2. The van der Waals surface area contributed by atoms with Gasteiger partial charge in [0.1, 0.15) is 19.3 Å². The second-order valence-corrected chi connectivity index (χ2v) is 8.67. The van der Waals surface area contributed by atoms with Gasteiger partial charge in [-0.3, -0.25) is 14.5 Å². The Morgan fingerprint density at radius 2 is 1.51 bits per heavy atom. The molecular formula is C24H21F6N3O4. The first-order valence-corrected chi connectivity index (χ1v) is 11.2. The monoisotopic (exact) mass is 529 g/mol. The van der Waals surface area contributed by atoms with E-state index >= 15 is 0 Å². The minimum Gasteiger partial charge on any atom is -0.444 e. The zero-order valence-electron chi connectivity index (χ0n) is 19.2. The summed E-state index contributed by atoms with van der Waals surface area (Å²) in [6.07, 6.45) is -12.1. The Labute approximate surface area is 207 Å². The molecule has 1 unspecified atom stereocenters. The van der Waals surface area contributed by atoms with Crippen molar-refractivity contribution in [1.29, 1.82) is 0 Å². The molecule has 13 heteroatoms. The molecule has 0 radical (unpaired) electrons. The number of ether oxygens (including phenoxy) is 1. The molecule has 2 saturated heterocycles. The predicted octanol–water partition coefficient (Wildman–Crippen LogP) is 4.26. The summed E-state index contributed by atoms with van der Waals surface area (Å²) in [5, 5.41) is 0. The molecule has 7 nitrogen and oxygen atoms in total. The number of fused-ring (bicyclic) bond motifs is 1. The SMILES string of the molecule is O=C1CN2C(=O)CCN(C(=O)OCc3cc(C(F)(F)F)cc(C(F)(F)F)c3)C2CN1Cc1ccccc1. The van der Waals surface area contributed by atoms with E-state index in [0.29, 0.717) is 12.1 Å². The first-order valence-electron chi connectivity index (χ1n) is 11.2. The quantitative estimate of drug-likeness (QED) is 0.555. The Morgan fingerprint density at radius 3 is 2.11 bits per heavy atom. The summed E-state index contributed by atoms with van der Waals surface area (Å²) in [5.74, 6) is -0.679. The van der Waals surface area contributed by atoms with Crippen molar-refractivity contribution in [2.75, 3.05) is 19.6 Å². The molecule has 0 aliphatic carbocycles. The Morgan fingerprint density at radius 1 is 0.892 bits per heavy atom. The first kappa shape index (κ1) is 26.3. The molecule has 1 atom stereocenters. The van der Waals surface area contributed by atoms with Crippen molar-refractivity contribution in [2.24, 2.45) is 0 Å². The van der Waals surface area contributed by atoms with Crippen LogP contribution in [0, 0.1) is 0 Å². The van der Waals surface area contributed by atoms with Gasteiger partial charge in [-0.2, -0.15) is 26.3 Å². The van der Waals surface area contributed by atoms with E-state index in [9.17, 15) is 40.7 Å². The average Bonchev–Trinajstić information content (AvgIpc) is 2.83. The molecule has 198 valence electrons. The van der Waals surface area contributed by atoms with Crippen molar-refractivity contribution in [3.8, 4) is 0 Å². The van der Waals surface area contributed by atoms with Gasteiger partial charge >= 0.3 is 18.4 Å². The number of piperazine rings is 1. The van der Waals surface area contributed by atoms with Gasteiger partial charge in [0.25, 0.3) is 0 Å². The fourth-order valence-electron chi connectivity index (χ4n) is 4.28. The molecule has 2 aliphatic heterocycles. The number of rotatable bonds is 4. The number of nitrogens with zero attached hydrogens (tertiary/aromatic N) is 3. The number of carbonyl (C=O) groups excluding carboxylic acids is 3. The second kappa shape index (κ2) is 9.94. The van der Waals surface area contributed by atoms with E-state index in [0.717, 1.165) is 10.5 Å². The van der Waals surface area contributed by atoms with Gasteiger partial charge in [0.05, 0.1) is 17.7 Å². The Kier molecular flexibility index (Phi) is 7.07. The van der Waals surface area contributed by atoms with E-state index in [4.69, 9.17) is 4.74 Å². The minimum atomic E-state index is -5.04. The zero-order chi connectivity index (χ0) is 27.0. The molecule has 0 bridgehead atoms. The van der Waals surface area contributed by atoms with Crippen LogP contribution in [0.2, 0.25) is 0 Å². The molecule has 3 amide bonds. The number of hydrogen-bond acceptors (Lipinski definition) is 4. The van der Waals surface area contributed by atoms with Crippen molar-refractivity contribution < 1.29 is 45.5 Å². The molecule has 2 heterocycles. The van der Waals surface area contributed by atoms with Crippen LogP contribution in [0.25, 0.3) is 0 Å². The van der Waals surface area contributed by atoms with Gasteiger partial charge < -0.3 is 14.5 Å². The summed E-state index contributed by atoms with van der Waals surface area (Å²) < 4.78 is 83.8. The summed E-state index contributed by atoms with van der Waals surface area (Å²) in [6.45, 7) is -1.01. The molecule has 2 aliphatic rings. The topological polar surface area (TPSA) is 70.2 Å². The van der Waals surface area contributed by atoms with E-state index in [-0.39, 0.29) is 50.5 Å². The van der Waals surface area contributed by atoms with Gasteiger partial charge in [-0.25, -0.2) is 4.79 Å². The van der Waals surface area contributed by atoms with Gasteiger partial charge in [-0.1, -0.05) is 30.3 Å². The van der Waals surface area contributed by atoms with Crippen molar-refractivity contribution in [3.63, 3.8) is 0 Å². The van der Waals surface area contributed by atoms with Gasteiger partial charge in [0, 0.05) is 19.5 Å². The van der Waals surface area contributed by atoms with E-state index in [1.165, 1.54) is 9.80 Å². The van der Waals surface area contributed by atoms with Crippen LogP contribution >= 0.6 is 0 Å². The van der Waals surface area contributed by atoms with Crippen LogP contribution in [-0.2, 0) is 39.8 Å². The van der Waals surface area contributed by atoms with Gasteiger partial charge in [0.15, 0.2) is 0 Å². The highest BCUT2D eigenvalue weighted by Gasteiger charge is 2.44. The highest BCUT2D eigenvalue weighted by Crippen LogP contribution is 2.36. The van der Waals surface area contributed by atoms with E-state index in [2.05, 4.69) is 0 Å². The normalized spacial score (nSPS) is 18.6. The number of benzene rings is 2. The zero-order valence-corrected chi connectivity index (χ0v) is 19.2. The lowest BCUT2D eigenvalue weighted by Gasteiger charge is -2.48. The summed E-state index contributed by atoms with van der Waals surface area (Å²) in [4.78, 5) is 41.7. The summed E-state index contributed by atoms with van der Waals surface area (Å²) in [5.41, 5.74) is -2.72. The number of halogens is 6. The lowest BCUT2D eigenvalue weighted by molar-refractivity contribution is -0.160. The Bertz CT molecular complexity index is 1150. The highest BCUT2D eigenvalue weighted by atomic mass is 19.4. The predicted molar refractivity (Wildman–Crippen MR) is 115 cm³/mol. The lowest BCUT2D eigenvalue weighted by Crippen LogP contribution is -2.67. The highest BCUT2D eigenvalue weighted by molar-refractivity contribution is 5.88. The second-order valence-electron chi connectivity index (χ2n) is 8.67. The largest absolute Gasteiger partial charge is 0.444 e. The van der Waals surface area contributed by atoms with Gasteiger partial charge in [0.2, 0.25) is 11.8 Å². The molecule has 2 aromatic rings. The van der Waals surface area contributed by atoms with Crippen LogP contribution in [0.3, 0.4) is 0 Å². The fraction of sp³-hybridized carbons (Fsp3) is 0.375. The third-order valence-electron chi connectivity index (χ3n) is 6.11. The summed E-state index contributed by atoms with van der Waals surface area (Å²) in [7, 11) is 0. The van der Waals surface area contributed by atoms with Crippen molar-refractivity contribution >= 4 is 17.9 Å². The van der Waals surface area contributed by atoms with E-state index < -0.39 is 47.9 Å². The van der Waals surface area contributed by atoms with Crippen LogP contribution in [0.5, 0.6) is 0 Å². The third kappa shape index (κ3) is 5.97. The van der Waals surface area contributed by atoms with Crippen molar-refractivity contribution in [2.45, 2.75) is 38.1 Å². The molecule has 2 fully saturated rings. The Balaban J connectivity index is 1.50. The molecule has 37 heavy (non-hydrogen) atoms. The minimum absolute atomic E-state index is 0.0141. The molecular weight excluding hydrogens is 508 g/mol. The molecule has 4 rings (SSSR count). The molecule has 0 N–H and O–H groups in total. The van der Waals surface area contributed by atoms with Crippen LogP contribution in [0.15, 0.2) is 48.5 Å². The number of hydrogen-bond donors (Lipinski definition) is 0. The molecule has 2 aromatic carbocycles. The third-order valence-corrected chi connectivity index (χ3v) is 6.11. The van der Waals surface area contributed by atoms with Crippen LogP contribution < -0.4 is 0 Å². The Hall–Kier alpha value is -3.77. The average molecular weight is 529 g/mol. The van der Waals surface area contributed by atoms with Crippen LogP contribution in [0.4, 0.5) is 31.1 Å². The van der Waals surface area contributed by atoms with Gasteiger partial charge in [-0.15, -0.1) is 0 Å². The van der Waals surface area contributed by atoms with E-state index in [1.54, 1.807) is 12.1 Å². The maximum atomic E-state index is 13.1. The van der Waals surface area contributed by atoms with Crippen molar-refractivity contribution in [3.05, 3.63) is 70.8 Å². The smallest absolute Gasteiger partial charge is 0.416 e. The van der Waals surface area contributed by atoms with Gasteiger partial charge in [-0.05, 0) is 29.3 Å². The van der Waals surface area contributed by atoms with Crippen LogP contribution in [-0.4, -0.2) is 58.4 Å². The number of carbonyl (C=O) groups is 3. The molecule has 0 spiro atoms. The maximum absolute atomic E-state index is 13.1. The van der Waals surface area contributed by atoms with Crippen molar-refractivity contribution in [1.82, 2.24) is 14.7 Å². The maximum Gasteiger partial charge on any atom is 0.416 e. The fourth-order valence-corrected chi connectivity index (χ4v) is 4.28. The lowest BCUT2D eigenvalue weighted by atomic mass is 10.1. The first-order chi connectivity index (χ1) is 17.3. The summed E-state index contributed by atoms with van der Waals surface area (Å²) >= 11 is 0. The molecule has 0 aromatic heterocycles.